The molecular formula is C17H17F2N5O2S. The Morgan fingerprint density at radius 1 is 1.37 bits per heavy atom. The van der Waals surface area contributed by atoms with E-state index in [0.717, 1.165) is 10.6 Å². The van der Waals surface area contributed by atoms with Crippen LogP contribution in [0.2, 0.25) is 0 Å². The average Bonchev–Trinajstić information content (AvgIpc) is 3.15. The number of anilines is 2. The number of halogens is 2. The van der Waals surface area contributed by atoms with Gasteiger partial charge in [0.15, 0.2) is 5.82 Å². The maximum absolute atomic E-state index is 13.7. The van der Waals surface area contributed by atoms with E-state index in [0.29, 0.717) is 11.5 Å². The van der Waals surface area contributed by atoms with E-state index in [1.807, 2.05) is 5.38 Å². The second kappa shape index (κ2) is 6.84. The lowest BCUT2D eigenvalue weighted by Gasteiger charge is -2.33. The number of carbonyl (C=O) groups is 2. The van der Waals surface area contributed by atoms with Crippen LogP contribution in [0.5, 0.6) is 0 Å². The Labute approximate surface area is 158 Å². The van der Waals surface area contributed by atoms with Gasteiger partial charge in [-0.3, -0.25) is 9.59 Å². The summed E-state index contributed by atoms with van der Waals surface area (Å²) in [6, 6.07) is 1.54. The number of pyridine rings is 1. The van der Waals surface area contributed by atoms with Crippen LogP contribution in [-0.4, -0.2) is 52.2 Å². The van der Waals surface area contributed by atoms with Gasteiger partial charge >= 0.3 is 0 Å². The maximum Gasteiger partial charge on any atom is 0.265 e. The SMILES string of the molecule is O=C(c1cnc2c(c1)N(Cc1cscn1)C(=O)CN2)N1CCCC(F)(F)C1. The Balaban J connectivity index is 1.62. The van der Waals surface area contributed by atoms with Crippen LogP contribution in [0, 0.1) is 0 Å². The van der Waals surface area contributed by atoms with E-state index in [1.165, 1.54) is 28.5 Å². The zero-order valence-corrected chi connectivity index (χ0v) is 15.1. The lowest BCUT2D eigenvalue weighted by molar-refractivity contribution is -0.117. The van der Waals surface area contributed by atoms with Gasteiger partial charge in [-0.2, -0.15) is 0 Å². The Morgan fingerprint density at radius 2 is 2.22 bits per heavy atom. The molecule has 2 aromatic rings. The van der Waals surface area contributed by atoms with Crippen LogP contribution in [0.25, 0.3) is 0 Å². The topological polar surface area (TPSA) is 78.4 Å². The number of nitrogens with zero attached hydrogens (tertiary/aromatic N) is 4. The van der Waals surface area contributed by atoms with Gasteiger partial charge in [0, 0.05) is 24.5 Å². The van der Waals surface area contributed by atoms with Crippen molar-refractivity contribution in [2.24, 2.45) is 0 Å². The summed E-state index contributed by atoms with van der Waals surface area (Å²) < 4.78 is 27.3. The third kappa shape index (κ3) is 3.61. The quantitative estimate of drug-likeness (QED) is 0.866. The number of alkyl halides is 2. The molecule has 0 spiro atoms. The molecule has 2 aliphatic rings. The number of hydrogen-bond donors (Lipinski definition) is 1. The molecule has 1 saturated heterocycles. The number of rotatable bonds is 3. The Morgan fingerprint density at radius 3 is 2.96 bits per heavy atom. The standard InChI is InChI=1S/C17H17F2N5O2S/c18-17(19)2-1-3-23(9-17)16(26)11-4-13-15(20-5-11)21-6-14(25)24(13)7-12-8-27-10-22-12/h4-5,8,10H,1-3,6-7,9H2,(H,20,21). The number of thiazole rings is 1. The summed E-state index contributed by atoms with van der Waals surface area (Å²) in [5, 5.41) is 4.76. The molecule has 2 aromatic heterocycles. The van der Waals surface area contributed by atoms with Crippen LogP contribution in [-0.2, 0) is 11.3 Å². The van der Waals surface area contributed by atoms with Crippen molar-refractivity contribution < 1.29 is 18.4 Å². The van der Waals surface area contributed by atoms with Gasteiger partial charge in [0.25, 0.3) is 11.8 Å². The zero-order chi connectivity index (χ0) is 19.0. The molecule has 7 nitrogen and oxygen atoms in total. The molecule has 2 amide bonds. The molecular weight excluding hydrogens is 376 g/mol. The maximum atomic E-state index is 13.7. The van der Waals surface area contributed by atoms with Crippen LogP contribution in [0.4, 0.5) is 20.3 Å². The van der Waals surface area contributed by atoms with Crippen molar-refractivity contribution in [1.29, 1.82) is 0 Å². The van der Waals surface area contributed by atoms with E-state index in [4.69, 9.17) is 0 Å². The van der Waals surface area contributed by atoms with E-state index >= 15 is 0 Å². The predicted molar refractivity (Wildman–Crippen MR) is 96.1 cm³/mol. The third-order valence-corrected chi connectivity index (χ3v) is 5.23. The number of carbonyl (C=O) groups excluding carboxylic acids is 2. The van der Waals surface area contributed by atoms with Gasteiger partial charge in [0.1, 0.15) is 0 Å². The van der Waals surface area contributed by atoms with Crippen LogP contribution in [0.3, 0.4) is 0 Å². The lowest BCUT2D eigenvalue weighted by Crippen LogP contribution is -2.46. The average molecular weight is 393 g/mol. The van der Waals surface area contributed by atoms with Crippen molar-refractivity contribution in [3.63, 3.8) is 0 Å². The number of hydrogen-bond acceptors (Lipinski definition) is 6. The summed E-state index contributed by atoms with van der Waals surface area (Å²) in [7, 11) is 0. The molecule has 2 aliphatic heterocycles. The van der Waals surface area contributed by atoms with E-state index in [-0.39, 0.29) is 43.9 Å². The highest BCUT2D eigenvalue weighted by molar-refractivity contribution is 7.07. The summed E-state index contributed by atoms with van der Waals surface area (Å²) in [6.07, 6.45) is 1.41. The number of fused-ring (bicyclic) bond motifs is 1. The molecule has 4 heterocycles. The molecule has 0 radical (unpaired) electrons. The number of amides is 2. The van der Waals surface area contributed by atoms with Crippen molar-refractivity contribution >= 4 is 34.7 Å². The first-order valence-electron chi connectivity index (χ1n) is 8.51. The summed E-state index contributed by atoms with van der Waals surface area (Å²) >= 11 is 1.43. The normalized spacial score (nSPS) is 18.8. The Kier molecular flexibility index (Phi) is 4.50. The molecule has 0 saturated carbocycles. The second-order valence-corrected chi connectivity index (χ2v) is 7.31. The van der Waals surface area contributed by atoms with Crippen molar-refractivity contribution in [3.05, 3.63) is 34.4 Å². The molecule has 0 aromatic carbocycles. The molecule has 1 N–H and O–H groups in total. The molecule has 27 heavy (non-hydrogen) atoms. The van der Waals surface area contributed by atoms with Crippen LogP contribution < -0.4 is 10.2 Å². The highest BCUT2D eigenvalue weighted by Gasteiger charge is 2.37. The molecule has 0 unspecified atom stereocenters. The fraction of sp³-hybridized carbons (Fsp3) is 0.412. The fourth-order valence-electron chi connectivity index (χ4n) is 3.27. The number of aromatic nitrogens is 2. The molecule has 0 aliphatic carbocycles. The first kappa shape index (κ1) is 17.8. The summed E-state index contributed by atoms with van der Waals surface area (Å²) in [5.74, 6) is -3.07. The summed E-state index contributed by atoms with van der Waals surface area (Å²) in [4.78, 5) is 36.1. The molecule has 142 valence electrons. The van der Waals surface area contributed by atoms with Gasteiger partial charge < -0.3 is 15.1 Å². The van der Waals surface area contributed by atoms with Crippen molar-refractivity contribution in [2.45, 2.75) is 25.3 Å². The largest absolute Gasteiger partial charge is 0.359 e. The first-order valence-corrected chi connectivity index (χ1v) is 9.46. The highest BCUT2D eigenvalue weighted by atomic mass is 32.1. The lowest BCUT2D eigenvalue weighted by atomic mass is 10.1. The van der Waals surface area contributed by atoms with Crippen molar-refractivity contribution in [2.75, 3.05) is 29.9 Å². The van der Waals surface area contributed by atoms with Crippen LogP contribution >= 0.6 is 11.3 Å². The smallest absolute Gasteiger partial charge is 0.265 e. The van der Waals surface area contributed by atoms with Gasteiger partial charge in [-0.25, -0.2) is 18.7 Å². The van der Waals surface area contributed by atoms with E-state index < -0.39 is 18.4 Å². The van der Waals surface area contributed by atoms with Gasteiger partial charge in [0.05, 0.1) is 42.1 Å². The van der Waals surface area contributed by atoms with Crippen LogP contribution in [0.15, 0.2) is 23.2 Å². The van der Waals surface area contributed by atoms with Gasteiger partial charge in [-0.15, -0.1) is 11.3 Å². The van der Waals surface area contributed by atoms with E-state index in [1.54, 1.807) is 5.51 Å². The first-order chi connectivity index (χ1) is 12.9. The molecule has 1 fully saturated rings. The Hall–Kier alpha value is -2.62. The van der Waals surface area contributed by atoms with Gasteiger partial charge in [-0.05, 0) is 12.5 Å². The molecule has 10 heteroatoms. The zero-order valence-electron chi connectivity index (χ0n) is 14.3. The minimum Gasteiger partial charge on any atom is -0.359 e. The van der Waals surface area contributed by atoms with E-state index in [9.17, 15) is 18.4 Å². The fourth-order valence-corrected chi connectivity index (χ4v) is 3.82. The highest BCUT2D eigenvalue weighted by Crippen LogP contribution is 2.32. The van der Waals surface area contributed by atoms with Crippen molar-refractivity contribution in [1.82, 2.24) is 14.9 Å². The number of likely N-dealkylation sites (tertiary alicyclic amines) is 1. The predicted octanol–water partition coefficient (Wildman–Crippen LogP) is 2.37. The molecule has 0 atom stereocenters. The summed E-state index contributed by atoms with van der Waals surface area (Å²) in [6.45, 7) is 0.0434. The van der Waals surface area contributed by atoms with Gasteiger partial charge in [-0.1, -0.05) is 0 Å². The third-order valence-electron chi connectivity index (χ3n) is 4.60. The number of piperidine rings is 1. The van der Waals surface area contributed by atoms with Crippen molar-refractivity contribution in [3.8, 4) is 0 Å². The van der Waals surface area contributed by atoms with Gasteiger partial charge in [0.2, 0.25) is 5.91 Å². The minimum atomic E-state index is -2.87. The Bertz CT molecular complexity index is 874. The molecule has 0 bridgehead atoms. The van der Waals surface area contributed by atoms with Crippen LogP contribution in [0.1, 0.15) is 28.9 Å². The summed E-state index contributed by atoms with van der Waals surface area (Å²) in [5.41, 5.74) is 3.05. The monoisotopic (exact) mass is 393 g/mol. The van der Waals surface area contributed by atoms with E-state index in [2.05, 4.69) is 15.3 Å². The second-order valence-electron chi connectivity index (χ2n) is 6.59. The minimum absolute atomic E-state index is 0.0930. The molecule has 4 rings (SSSR count). The number of nitrogens with one attached hydrogen (secondary N) is 1.